The van der Waals surface area contributed by atoms with Crippen molar-refractivity contribution in [3.63, 3.8) is 0 Å². The smallest absolute Gasteiger partial charge is 0.306 e. The fourth-order valence-electron chi connectivity index (χ4n) is 7.40. The minimum atomic E-state index is -0.820. The van der Waals surface area contributed by atoms with Crippen molar-refractivity contribution in [2.24, 2.45) is 0 Å². The lowest BCUT2D eigenvalue weighted by Gasteiger charge is -2.18. The molecule has 0 amide bonds. The van der Waals surface area contributed by atoms with Crippen LogP contribution in [-0.2, 0) is 28.6 Å². The minimum Gasteiger partial charge on any atom is -0.462 e. The first-order valence-electron chi connectivity index (χ1n) is 28.0. The van der Waals surface area contributed by atoms with Gasteiger partial charge in [-0.25, -0.2) is 0 Å². The third kappa shape index (κ3) is 53.0. The Balaban J connectivity index is 4.53. The number of unbranched alkanes of at least 4 members (excludes halogenated alkanes) is 24. The lowest BCUT2D eigenvalue weighted by molar-refractivity contribution is -0.167. The predicted octanol–water partition coefficient (Wildman–Crippen LogP) is 18.7. The highest BCUT2D eigenvalue weighted by Crippen LogP contribution is 2.13. The van der Waals surface area contributed by atoms with Gasteiger partial charge in [0.25, 0.3) is 0 Å². The van der Waals surface area contributed by atoms with Gasteiger partial charge in [0.2, 0.25) is 0 Å². The van der Waals surface area contributed by atoms with Gasteiger partial charge in [0.1, 0.15) is 13.2 Å². The van der Waals surface area contributed by atoms with Crippen LogP contribution in [0.3, 0.4) is 0 Å². The normalized spacial score (nSPS) is 12.9. The van der Waals surface area contributed by atoms with Crippen LogP contribution in [-0.4, -0.2) is 37.2 Å². The third-order valence-electron chi connectivity index (χ3n) is 11.6. The van der Waals surface area contributed by atoms with Gasteiger partial charge in [0, 0.05) is 19.3 Å². The molecule has 0 radical (unpaired) electrons. The number of esters is 3. The summed E-state index contributed by atoms with van der Waals surface area (Å²) in [5.74, 6) is -0.998. The molecule has 0 bridgehead atoms. The average Bonchev–Trinajstić information content (AvgIpc) is 3.34. The number of hydrogen-bond donors (Lipinski definition) is 0. The molecule has 0 N–H and O–H groups in total. The fraction of sp³-hybridized carbons (Fsp3) is 0.661. The minimum absolute atomic E-state index is 0.113. The molecule has 68 heavy (non-hydrogen) atoms. The fourth-order valence-corrected chi connectivity index (χ4v) is 7.40. The molecular weight excluding hydrogens is 841 g/mol. The highest BCUT2D eigenvalue weighted by atomic mass is 16.6. The number of carbonyl (C=O) groups is 3. The van der Waals surface area contributed by atoms with Gasteiger partial charge >= 0.3 is 17.9 Å². The monoisotopic (exact) mass is 943 g/mol. The Morgan fingerprint density at radius 3 is 1.06 bits per heavy atom. The Labute approximate surface area is 419 Å². The van der Waals surface area contributed by atoms with Crippen LogP contribution in [0.15, 0.2) is 109 Å². The van der Waals surface area contributed by atoms with E-state index in [0.29, 0.717) is 19.3 Å². The van der Waals surface area contributed by atoms with E-state index in [1.165, 1.54) is 103 Å². The zero-order valence-corrected chi connectivity index (χ0v) is 44.1. The summed E-state index contributed by atoms with van der Waals surface area (Å²) < 4.78 is 16.8. The molecule has 6 heteroatoms. The maximum atomic E-state index is 12.8. The average molecular weight is 943 g/mol. The van der Waals surface area contributed by atoms with Crippen LogP contribution in [0.2, 0.25) is 0 Å². The lowest BCUT2D eigenvalue weighted by atomic mass is 10.1. The third-order valence-corrected chi connectivity index (χ3v) is 11.6. The second-order valence-electron chi connectivity index (χ2n) is 18.2. The molecule has 6 nitrogen and oxygen atoms in total. The standard InChI is InChI=1S/C62H102O6/c1-4-7-10-13-16-19-22-25-28-30-32-34-37-40-43-46-49-52-55-61(64)67-58-59(57-66-60(63)54-51-48-45-42-39-36-33-27-24-21-18-15-12-9-6-3)68-62(65)56-53-50-47-44-41-38-35-31-29-26-23-20-17-14-11-8-5-2/h9,12,15,18,21-22,24-26,28-30,32,34-35,38,44,47,59H,4-8,10-11,13-14,16-17,19-20,23,27,31,33,36-37,39-43,45-46,48-58H2,1-3H3/b12-9-,18-15-,24-21-,25-22-,29-26-,30-28-,34-32-,38-35-,47-44-. The van der Waals surface area contributed by atoms with E-state index < -0.39 is 6.10 Å². The summed E-state index contributed by atoms with van der Waals surface area (Å²) in [6.45, 7) is 6.41. The van der Waals surface area contributed by atoms with E-state index in [1.807, 2.05) is 0 Å². The number of carbonyl (C=O) groups excluding carboxylic acids is 3. The Morgan fingerprint density at radius 2 is 0.647 bits per heavy atom. The molecule has 0 aromatic heterocycles. The van der Waals surface area contributed by atoms with Gasteiger partial charge in [-0.15, -0.1) is 0 Å². The molecule has 0 aromatic carbocycles. The van der Waals surface area contributed by atoms with E-state index in [9.17, 15) is 14.4 Å². The number of hydrogen-bond acceptors (Lipinski definition) is 6. The number of rotatable bonds is 49. The molecular formula is C62H102O6. The molecule has 0 rings (SSSR count). The molecule has 0 spiro atoms. The van der Waals surface area contributed by atoms with Crippen LogP contribution in [0, 0.1) is 0 Å². The zero-order valence-electron chi connectivity index (χ0n) is 44.1. The first kappa shape index (κ1) is 64.1. The molecule has 0 aliphatic heterocycles. The molecule has 0 aliphatic rings. The Hall–Kier alpha value is -3.93. The highest BCUT2D eigenvalue weighted by molar-refractivity contribution is 5.71. The Morgan fingerprint density at radius 1 is 0.324 bits per heavy atom. The van der Waals surface area contributed by atoms with Crippen LogP contribution in [0.1, 0.15) is 245 Å². The first-order chi connectivity index (χ1) is 33.5. The van der Waals surface area contributed by atoms with Crippen molar-refractivity contribution in [3.8, 4) is 0 Å². The van der Waals surface area contributed by atoms with Gasteiger partial charge in [-0.05, 0) is 96.3 Å². The first-order valence-corrected chi connectivity index (χ1v) is 28.0. The van der Waals surface area contributed by atoms with Crippen LogP contribution in [0.25, 0.3) is 0 Å². The van der Waals surface area contributed by atoms with Crippen LogP contribution >= 0.6 is 0 Å². The second-order valence-corrected chi connectivity index (χ2v) is 18.2. The van der Waals surface area contributed by atoms with Gasteiger partial charge in [-0.2, -0.15) is 0 Å². The summed E-state index contributed by atoms with van der Waals surface area (Å²) in [5, 5.41) is 0. The summed E-state index contributed by atoms with van der Waals surface area (Å²) in [6.07, 6.45) is 75.0. The molecule has 0 saturated heterocycles. The summed E-state index contributed by atoms with van der Waals surface area (Å²) in [5.41, 5.74) is 0. The largest absolute Gasteiger partial charge is 0.462 e. The van der Waals surface area contributed by atoms with E-state index in [1.54, 1.807) is 0 Å². The second kappa shape index (κ2) is 55.7. The zero-order chi connectivity index (χ0) is 49.3. The quantitative estimate of drug-likeness (QED) is 0.0199. The van der Waals surface area contributed by atoms with Crippen molar-refractivity contribution >= 4 is 17.9 Å². The molecule has 0 fully saturated rings. The van der Waals surface area contributed by atoms with Crippen LogP contribution in [0.4, 0.5) is 0 Å². The van der Waals surface area contributed by atoms with E-state index in [-0.39, 0.29) is 37.5 Å². The topological polar surface area (TPSA) is 78.9 Å². The lowest BCUT2D eigenvalue weighted by Crippen LogP contribution is -2.30. The summed E-state index contributed by atoms with van der Waals surface area (Å²) >= 11 is 0. The molecule has 0 aliphatic carbocycles. The van der Waals surface area contributed by atoms with E-state index in [0.717, 1.165) is 96.3 Å². The van der Waals surface area contributed by atoms with Crippen molar-refractivity contribution < 1.29 is 28.6 Å². The van der Waals surface area contributed by atoms with Gasteiger partial charge < -0.3 is 14.2 Å². The molecule has 0 heterocycles. The Bertz CT molecular complexity index is 1410. The van der Waals surface area contributed by atoms with E-state index in [4.69, 9.17) is 14.2 Å². The maximum absolute atomic E-state index is 12.8. The maximum Gasteiger partial charge on any atom is 0.306 e. The molecule has 1 unspecified atom stereocenters. The van der Waals surface area contributed by atoms with Gasteiger partial charge in [-0.3, -0.25) is 14.4 Å². The Kier molecular flexibility index (Phi) is 52.4. The summed E-state index contributed by atoms with van der Waals surface area (Å²) in [6, 6.07) is 0. The van der Waals surface area contributed by atoms with E-state index in [2.05, 4.69) is 130 Å². The molecule has 386 valence electrons. The van der Waals surface area contributed by atoms with Gasteiger partial charge in [0.05, 0.1) is 0 Å². The highest BCUT2D eigenvalue weighted by Gasteiger charge is 2.19. The SMILES string of the molecule is CC\C=C/C=C\C=C/CCCCCCCCCC(=O)OCC(COC(=O)CCCCCCC\C=C/C=C\C=C/CCCCCCC)OC(=O)CCC/C=C\C/C=C\C/C=C\CCCCCCCC. The van der Waals surface area contributed by atoms with Crippen molar-refractivity contribution in [2.45, 2.75) is 252 Å². The van der Waals surface area contributed by atoms with Crippen molar-refractivity contribution in [2.75, 3.05) is 13.2 Å². The van der Waals surface area contributed by atoms with Crippen molar-refractivity contribution in [1.82, 2.24) is 0 Å². The van der Waals surface area contributed by atoms with Gasteiger partial charge in [-0.1, -0.05) is 239 Å². The van der Waals surface area contributed by atoms with E-state index >= 15 is 0 Å². The van der Waals surface area contributed by atoms with Crippen LogP contribution < -0.4 is 0 Å². The molecule has 0 aromatic rings. The number of allylic oxidation sites excluding steroid dienone is 18. The summed E-state index contributed by atoms with van der Waals surface area (Å²) in [7, 11) is 0. The molecule has 0 saturated carbocycles. The van der Waals surface area contributed by atoms with Crippen molar-refractivity contribution in [3.05, 3.63) is 109 Å². The molecule has 1 atom stereocenters. The van der Waals surface area contributed by atoms with Crippen LogP contribution in [0.5, 0.6) is 0 Å². The number of ether oxygens (including phenoxy) is 3. The van der Waals surface area contributed by atoms with Gasteiger partial charge in [0.15, 0.2) is 6.10 Å². The predicted molar refractivity (Wildman–Crippen MR) is 293 cm³/mol. The van der Waals surface area contributed by atoms with Crippen molar-refractivity contribution in [1.29, 1.82) is 0 Å². The summed E-state index contributed by atoms with van der Waals surface area (Å²) in [4.78, 5) is 38.1.